The molecule has 8 aliphatic rings. The van der Waals surface area contributed by atoms with Crippen molar-refractivity contribution in [3.63, 3.8) is 0 Å². The van der Waals surface area contributed by atoms with E-state index in [1.54, 1.807) is 11.1 Å². The third kappa shape index (κ3) is 21.5. The maximum atomic E-state index is 15.7. The van der Waals surface area contributed by atoms with Gasteiger partial charge in [0.2, 0.25) is 23.4 Å². The number of hydrogen-bond acceptors (Lipinski definition) is 36. The number of aliphatic hydroxyl groups is 8. The molecule has 4 saturated heterocycles. The smallest absolute Gasteiger partial charge is 0.404 e. The molecule has 4 aromatic heterocycles. The summed E-state index contributed by atoms with van der Waals surface area (Å²) in [6.45, 7) is -13.3. The standard InChI is InChI=1S/4C17H17ClFN2O9P/c4*18-11-1-2-13-9(3-11)7-27-31(26,30-13)28-8-17(19)4-12(23)15(29-17)21-5-10(6-22)14(24)20-16(21)25/h4*1-3,5,12,15,22-23H,4,6-8H2,(H,20,24,25)/t4*12-,15-,17+,31?/m1111/s1/i8D2,15D;15D;8D2;. The molecule has 0 radical (unpaired) electrons. The highest BCUT2D eigenvalue weighted by Crippen LogP contribution is 2.60. The Bertz CT molecular complexity index is 6480. The molecule has 4 fully saturated rings. The number of nitrogens with one attached hydrogen (secondary N) is 4. The molecule has 4 aromatic carbocycles. The van der Waals surface area contributed by atoms with E-state index in [0.717, 1.165) is 23.2 Å². The largest absolute Gasteiger partial charge is 0.530 e. The van der Waals surface area contributed by atoms with Gasteiger partial charge < -0.3 is 77.9 Å². The zero-order valence-corrected chi connectivity index (χ0v) is 68.8. The van der Waals surface area contributed by atoms with Gasteiger partial charge in [0.25, 0.3) is 22.2 Å². The van der Waals surface area contributed by atoms with Gasteiger partial charge in [0.05, 0.1) is 83.3 Å². The third-order valence-electron chi connectivity index (χ3n) is 18.1. The van der Waals surface area contributed by atoms with E-state index in [1.165, 1.54) is 66.7 Å². The summed E-state index contributed by atoms with van der Waals surface area (Å²) in [6, 6.07) is 17.4. The lowest BCUT2D eigenvalue weighted by Crippen LogP contribution is -2.37. The van der Waals surface area contributed by atoms with Gasteiger partial charge in [0.15, 0.2) is 24.9 Å². The van der Waals surface area contributed by atoms with Gasteiger partial charge in [0, 0.05) is 92.8 Å². The molecule has 12 N–H and O–H groups in total. The highest BCUT2D eigenvalue weighted by Gasteiger charge is 2.55. The van der Waals surface area contributed by atoms with Crippen LogP contribution in [0, 0.1) is 0 Å². The summed E-state index contributed by atoms with van der Waals surface area (Å²) >= 11 is 23.4. The molecule has 0 bridgehead atoms. The van der Waals surface area contributed by atoms with Crippen LogP contribution >= 0.6 is 77.7 Å². The van der Waals surface area contributed by atoms with Crippen molar-refractivity contribution in [3.05, 3.63) is 246 Å². The number of phosphoric acid groups is 4. The molecule has 672 valence electrons. The lowest BCUT2D eigenvalue weighted by molar-refractivity contribution is -0.179. The predicted octanol–water partition coefficient (Wildman–Crippen LogP) is 5.45. The van der Waals surface area contributed by atoms with Crippen molar-refractivity contribution in [2.24, 2.45) is 0 Å². The van der Waals surface area contributed by atoms with E-state index in [4.69, 9.17) is 128 Å². The van der Waals surface area contributed by atoms with Gasteiger partial charge in [-0.25, -0.2) is 55.0 Å². The van der Waals surface area contributed by atoms with E-state index in [0.29, 0.717) is 57.7 Å². The van der Waals surface area contributed by atoms with E-state index in [9.17, 15) is 97.5 Å². The lowest BCUT2D eigenvalue weighted by atomic mass is 10.2. The normalized spacial score (nSPS) is 32.2. The van der Waals surface area contributed by atoms with Gasteiger partial charge in [-0.3, -0.25) is 93.6 Å². The number of halogens is 8. The van der Waals surface area contributed by atoms with Crippen molar-refractivity contribution in [2.45, 2.75) is 151 Å². The van der Waals surface area contributed by atoms with Crippen molar-refractivity contribution in [2.75, 3.05) is 26.3 Å². The minimum Gasteiger partial charge on any atom is -0.404 e. The Morgan fingerprint density at radius 3 is 0.968 bits per heavy atom. The minimum absolute atomic E-state index is 0.0128. The van der Waals surface area contributed by atoms with Gasteiger partial charge in [-0.1, -0.05) is 46.4 Å². The summed E-state index contributed by atoms with van der Waals surface area (Å²) in [6.07, 6.45) is -17.0. The van der Waals surface area contributed by atoms with Crippen LogP contribution in [-0.4, -0.2) is 153 Å². The number of rotatable bonds is 20. The number of phosphoric ester groups is 4. The monoisotopic (exact) mass is 1920 g/mol. The van der Waals surface area contributed by atoms with Crippen LogP contribution in [0.15, 0.2) is 136 Å². The van der Waals surface area contributed by atoms with Crippen molar-refractivity contribution in [1.82, 2.24) is 38.2 Å². The number of alkyl halides is 4. The molecule has 0 amide bonds. The van der Waals surface area contributed by atoms with Crippen LogP contribution in [0.3, 0.4) is 0 Å². The Balaban J connectivity index is 0.000000148. The van der Waals surface area contributed by atoms with Crippen molar-refractivity contribution in [3.8, 4) is 23.0 Å². The number of nitrogens with zero attached hydrogens (tertiary/aromatic N) is 4. The van der Waals surface area contributed by atoms with E-state index < -0.39 is 233 Å². The van der Waals surface area contributed by atoms with Crippen LogP contribution in [-0.2, 0) is 126 Å². The number of fused-ring (bicyclic) bond motifs is 4. The van der Waals surface area contributed by atoms with E-state index in [2.05, 4.69) is 0 Å². The van der Waals surface area contributed by atoms with E-state index in [-0.39, 0.29) is 70.7 Å². The quantitative estimate of drug-likeness (QED) is 0.0333. The second-order valence-electron chi connectivity index (χ2n) is 27.1. The van der Waals surface area contributed by atoms with Crippen LogP contribution in [0.2, 0.25) is 20.1 Å². The van der Waals surface area contributed by atoms with Crippen molar-refractivity contribution in [1.29, 1.82) is 0 Å². The van der Waals surface area contributed by atoms with Gasteiger partial charge in [-0.15, -0.1) is 0 Å². The summed E-state index contributed by atoms with van der Waals surface area (Å²) in [7, 11) is -17.9. The minimum atomic E-state index is -4.77. The predicted molar refractivity (Wildman–Crippen MR) is 409 cm³/mol. The number of hydrogen-bond donors (Lipinski definition) is 12. The van der Waals surface area contributed by atoms with Crippen LogP contribution in [0.1, 0.15) is 103 Å². The van der Waals surface area contributed by atoms with E-state index >= 15 is 17.6 Å². The molecule has 56 heteroatoms. The second-order valence-corrected chi connectivity index (χ2v) is 35.1. The average Bonchev–Trinajstić information content (AvgIpc) is 1.57. The Kier molecular flexibility index (Phi) is 25.6. The Hall–Kier alpha value is -8.20. The summed E-state index contributed by atoms with van der Waals surface area (Å²) in [4.78, 5) is 102. The molecule has 16 atom stereocenters. The lowest BCUT2D eigenvalue weighted by Gasteiger charge is -2.27. The summed E-state index contributed by atoms with van der Waals surface area (Å²) in [5.74, 6) is -12.2. The molecule has 8 aromatic rings. The van der Waals surface area contributed by atoms with E-state index in [1.807, 2.05) is 15.0 Å². The van der Waals surface area contributed by atoms with Gasteiger partial charge in [0.1, 0.15) is 73.7 Å². The number of aromatic amines is 4. The maximum absolute atomic E-state index is 15.7. The van der Waals surface area contributed by atoms with Gasteiger partial charge in [-0.2, -0.15) is 0 Å². The fourth-order valence-electron chi connectivity index (χ4n) is 12.2. The van der Waals surface area contributed by atoms with Crippen LogP contribution in [0.25, 0.3) is 0 Å². The van der Waals surface area contributed by atoms with Crippen LogP contribution < -0.4 is 63.1 Å². The molecular formula is C68H68Cl4F4N8O36P4. The maximum Gasteiger partial charge on any atom is 0.530 e. The number of benzene rings is 4. The van der Waals surface area contributed by atoms with Crippen LogP contribution in [0.5, 0.6) is 23.0 Å². The van der Waals surface area contributed by atoms with Crippen molar-refractivity contribution >= 4 is 77.7 Å². The molecule has 0 saturated carbocycles. The third-order valence-corrected chi connectivity index (χ3v) is 24.0. The molecule has 8 aliphatic heterocycles. The Morgan fingerprint density at radius 2 is 0.645 bits per heavy atom. The van der Waals surface area contributed by atoms with Crippen LogP contribution in [0.4, 0.5) is 17.6 Å². The molecule has 44 nitrogen and oxygen atoms in total. The molecule has 4 unspecified atom stereocenters. The molecule has 0 spiro atoms. The first-order valence-electron chi connectivity index (χ1n) is 38.3. The summed E-state index contributed by atoms with van der Waals surface area (Å²) in [5.41, 5.74) is -7.57. The Labute approximate surface area is 717 Å². The molecule has 0 aliphatic carbocycles. The molecule has 124 heavy (non-hydrogen) atoms. The first-order valence-corrected chi connectivity index (χ1v) is 42.7. The summed E-state index contributed by atoms with van der Waals surface area (Å²) < 4.78 is 244. The molecular weight excluding hydrogens is 1850 g/mol. The average molecular weight is 1920 g/mol. The fourth-order valence-corrected chi connectivity index (χ4v) is 17.7. The van der Waals surface area contributed by atoms with Gasteiger partial charge in [-0.05, 0) is 72.8 Å². The zero-order chi connectivity index (χ0) is 95.0. The second kappa shape index (κ2) is 37.2. The number of H-pyrrole nitrogens is 4. The molecule has 12 heterocycles. The SMILES string of the molecule is O=c1[nH]c(=O)n([C@@H]2O[C@](F)(COP3(=O)OCc4cc(Cl)ccc4O3)C[C@H]2O)cc1CO.[2H]C([2H])(OP1(=O)OCc2cc(Cl)ccc2O1)[C@]1(F)C[C@@H](O)[C@H](n2cc(CO)c(=O)[nH]c2=O)O1.[2H]C([2H])(OP1(=O)OCc2cc(Cl)ccc2O1)[C@]1(F)C[C@@H](O)[C@]([2H])(n2cc(CO)c(=O)[nH]c2=O)O1.[2H][C@@]1(n2cc(CO)c(=O)[nH]c2=O)O[C@](F)(COP2(=O)OCc3cc(Cl)ccc3O2)C[C@H]1O. The highest BCUT2D eigenvalue weighted by atomic mass is 35.5. The highest BCUT2D eigenvalue weighted by molar-refractivity contribution is 7.49. The fraction of sp³-hybridized carbons (Fsp3) is 0.412. The zero-order valence-electron chi connectivity index (χ0n) is 68.2. The van der Waals surface area contributed by atoms with Crippen molar-refractivity contribution < 1.29 is 158 Å². The number of aromatic nitrogens is 8. The Morgan fingerprint density at radius 1 is 0.395 bits per heavy atom. The molecule has 16 rings (SSSR count). The van der Waals surface area contributed by atoms with Gasteiger partial charge >= 0.3 is 54.0 Å². The number of ether oxygens (including phenoxy) is 4. The number of aliphatic hydroxyl groups excluding tert-OH is 8. The summed E-state index contributed by atoms with van der Waals surface area (Å²) in [5, 5.41) is 79.5. The first-order chi connectivity index (χ1) is 60.7. The topological polar surface area (TPSA) is 597 Å². The first kappa shape index (κ1) is 85.2.